The van der Waals surface area contributed by atoms with Gasteiger partial charge >= 0.3 is 0 Å². The molecule has 0 saturated heterocycles. The van der Waals surface area contributed by atoms with Crippen LogP contribution in [-0.4, -0.2) is 6.71 Å². The van der Waals surface area contributed by atoms with Crippen molar-refractivity contribution in [3.8, 4) is 22.3 Å². The fourth-order valence-corrected chi connectivity index (χ4v) is 7.66. The summed E-state index contributed by atoms with van der Waals surface area (Å²) in [5.41, 5.74) is 12.6. The van der Waals surface area contributed by atoms with E-state index in [2.05, 4.69) is 115 Å². The molecule has 2 aliphatic carbocycles. The Morgan fingerprint density at radius 3 is 2.32 bits per heavy atom. The molecule has 0 spiro atoms. The zero-order chi connectivity index (χ0) is 23.8. The standard InChI is InChI=1S/C36H19B/c1-2-7-20(8-3-1)28-19-22-11-5-12-23-25-17-18-30-35(33(23)25)32(22)34-26(28)15-16-27-24-13-4-9-21-10-6-14-29(31(21)24)37(30)36(27)34/h1-19H/b11-5?,12-5-,22-11-,23-12?. The van der Waals surface area contributed by atoms with Crippen LogP contribution in [0.15, 0.2) is 109 Å². The summed E-state index contributed by atoms with van der Waals surface area (Å²) in [6.45, 7) is 0.245. The smallest absolute Gasteiger partial charge is 0.0663 e. The van der Waals surface area contributed by atoms with Gasteiger partial charge in [0, 0.05) is 0 Å². The molecule has 166 valence electrons. The highest BCUT2D eigenvalue weighted by atomic mass is 14.3. The van der Waals surface area contributed by atoms with E-state index in [1.54, 1.807) is 0 Å². The van der Waals surface area contributed by atoms with E-state index in [4.69, 9.17) is 0 Å². The lowest BCUT2D eigenvalue weighted by Crippen LogP contribution is -2.58. The van der Waals surface area contributed by atoms with Gasteiger partial charge in [0.1, 0.15) is 0 Å². The quantitative estimate of drug-likeness (QED) is 0.313. The molecule has 0 bridgehead atoms. The predicted molar refractivity (Wildman–Crippen MR) is 156 cm³/mol. The Kier molecular flexibility index (Phi) is 3.12. The Balaban J connectivity index is 1.56. The second-order valence-corrected chi connectivity index (χ2v) is 10.8. The highest BCUT2D eigenvalue weighted by Crippen LogP contribution is 2.37. The topological polar surface area (TPSA) is 0 Å². The van der Waals surface area contributed by atoms with Crippen LogP contribution in [-0.2, 0) is 0 Å². The molecular weight excluding hydrogens is 443 g/mol. The fourth-order valence-electron chi connectivity index (χ4n) is 7.66. The summed E-state index contributed by atoms with van der Waals surface area (Å²) in [7, 11) is 0. The normalized spacial score (nSPS) is 16.3. The van der Waals surface area contributed by atoms with Crippen molar-refractivity contribution in [1.29, 1.82) is 0 Å². The zero-order valence-corrected chi connectivity index (χ0v) is 20.0. The Labute approximate surface area is 213 Å². The largest absolute Gasteiger partial charge is 0.244 e. The van der Waals surface area contributed by atoms with Gasteiger partial charge in [-0.15, -0.1) is 0 Å². The van der Waals surface area contributed by atoms with Crippen LogP contribution in [0.3, 0.4) is 0 Å². The van der Waals surface area contributed by atoms with Crippen molar-refractivity contribution in [2.45, 2.75) is 0 Å². The van der Waals surface area contributed by atoms with Crippen LogP contribution in [0.1, 0.15) is 5.56 Å². The van der Waals surface area contributed by atoms with E-state index in [1.165, 1.54) is 92.2 Å². The summed E-state index contributed by atoms with van der Waals surface area (Å²) in [5, 5.41) is 11.3. The first-order chi connectivity index (χ1) is 18.4. The van der Waals surface area contributed by atoms with Gasteiger partial charge in [0.15, 0.2) is 0 Å². The van der Waals surface area contributed by atoms with Crippen molar-refractivity contribution in [3.05, 3.63) is 136 Å². The van der Waals surface area contributed by atoms with Crippen molar-refractivity contribution >= 4 is 56.3 Å². The SMILES string of the molecule is C1=C\C2=c3c2ccc2c3=c3\c(cc(-c4ccccc4)c4ccc5c(c34)B2c2cccc3cccc-5c23)=C/1. The van der Waals surface area contributed by atoms with Crippen LogP contribution >= 0.6 is 0 Å². The molecule has 2 heterocycles. The maximum atomic E-state index is 2.43. The summed E-state index contributed by atoms with van der Waals surface area (Å²) in [4.78, 5) is 0. The maximum Gasteiger partial charge on any atom is 0.244 e. The van der Waals surface area contributed by atoms with Crippen molar-refractivity contribution in [2.24, 2.45) is 0 Å². The second kappa shape index (κ2) is 6.20. The third kappa shape index (κ3) is 2.11. The van der Waals surface area contributed by atoms with E-state index in [-0.39, 0.29) is 6.71 Å². The van der Waals surface area contributed by atoms with E-state index in [0.717, 1.165) is 0 Å². The first-order valence-corrected chi connectivity index (χ1v) is 13.2. The van der Waals surface area contributed by atoms with Crippen molar-refractivity contribution in [2.75, 3.05) is 0 Å². The predicted octanol–water partition coefficient (Wildman–Crippen LogP) is 4.62. The average Bonchev–Trinajstić information content (AvgIpc) is 3.65. The number of allylic oxidation sites excluding steroid dienone is 2. The molecule has 37 heavy (non-hydrogen) atoms. The molecule has 0 N–H and O–H groups in total. The highest BCUT2D eigenvalue weighted by molar-refractivity contribution is 7.00. The van der Waals surface area contributed by atoms with Crippen LogP contribution in [0.2, 0.25) is 0 Å². The van der Waals surface area contributed by atoms with Crippen molar-refractivity contribution in [1.82, 2.24) is 0 Å². The molecule has 0 atom stereocenters. The third-order valence-electron chi connectivity index (χ3n) is 9.12. The lowest BCUT2D eigenvalue weighted by atomic mass is 9.32. The van der Waals surface area contributed by atoms with E-state index < -0.39 is 0 Å². The summed E-state index contributed by atoms with van der Waals surface area (Å²) in [6, 6.07) is 36.6. The molecule has 4 aliphatic rings. The van der Waals surface area contributed by atoms with Gasteiger partial charge < -0.3 is 0 Å². The van der Waals surface area contributed by atoms with Crippen molar-refractivity contribution < 1.29 is 0 Å². The molecule has 0 aromatic heterocycles. The lowest BCUT2D eigenvalue weighted by molar-refractivity contribution is 1.48. The van der Waals surface area contributed by atoms with E-state index in [1.807, 2.05) is 0 Å². The molecule has 0 fully saturated rings. The van der Waals surface area contributed by atoms with E-state index >= 15 is 0 Å². The van der Waals surface area contributed by atoms with Crippen LogP contribution in [0.4, 0.5) is 0 Å². The van der Waals surface area contributed by atoms with Gasteiger partial charge in [-0.1, -0.05) is 126 Å². The molecule has 0 unspecified atom stereocenters. The molecule has 10 rings (SSSR count). The van der Waals surface area contributed by atoms with Crippen LogP contribution in [0, 0.1) is 10.4 Å². The van der Waals surface area contributed by atoms with Gasteiger partial charge in [-0.2, -0.15) is 0 Å². The molecule has 0 nitrogen and oxygen atoms in total. The zero-order valence-electron chi connectivity index (χ0n) is 20.0. The van der Waals surface area contributed by atoms with Crippen LogP contribution in [0.25, 0.3) is 55.4 Å². The minimum atomic E-state index is 0.245. The number of rotatable bonds is 1. The third-order valence-corrected chi connectivity index (χ3v) is 9.12. The molecule has 6 aromatic carbocycles. The summed E-state index contributed by atoms with van der Waals surface area (Å²) in [6.07, 6.45) is 6.89. The van der Waals surface area contributed by atoms with Gasteiger partial charge in [-0.05, 0) is 81.9 Å². The number of fused-ring (bicyclic) bond motifs is 4. The number of hydrogen-bond donors (Lipinski definition) is 0. The summed E-state index contributed by atoms with van der Waals surface area (Å²) < 4.78 is 0. The Morgan fingerprint density at radius 2 is 1.41 bits per heavy atom. The summed E-state index contributed by atoms with van der Waals surface area (Å²) in [5.74, 6) is 0. The summed E-state index contributed by atoms with van der Waals surface area (Å²) >= 11 is 0. The van der Waals surface area contributed by atoms with Crippen molar-refractivity contribution in [3.63, 3.8) is 0 Å². The van der Waals surface area contributed by atoms with E-state index in [9.17, 15) is 0 Å². The maximum absolute atomic E-state index is 2.43. The van der Waals surface area contributed by atoms with E-state index in [0.29, 0.717) is 0 Å². The Morgan fingerprint density at radius 1 is 0.541 bits per heavy atom. The first-order valence-electron chi connectivity index (χ1n) is 13.2. The molecule has 0 saturated carbocycles. The Bertz CT molecular complexity index is 2330. The molecule has 0 radical (unpaired) electrons. The van der Waals surface area contributed by atoms with Crippen LogP contribution in [0.5, 0.6) is 0 Å². The minimum absolute atomic E-state index is 0.245. The van der Waals surface area contributed by atoms with Gasteiger partial charge in [0.05, 0.1) is 0 Å². The molecule has 0 amide bonds. The lowest BCUT2D eigenvalue weighted by Gasteiger charge is -2.31. The van der Waals surface area contributed by atoms with Gasteiger partial charge in [0.2, 0.25) is 6.71 Å². The number of benzene rings is 6. The number of hydrogen-bond acceptors (Lipinski definition) is 0. The Hall–Kier alpha value is -4.62. The molecule has 6 aromatic rings. The van der Waals surface area contributed by atoms with Crippen LogP contribution < -0.4 is 26.8 Å². The fraction of sp³-hybridized carbons (Fsp3) is 0. The second-order valence-electron chi connectivity index (χ2n) is 10.8. The molecule has 2 aliphatic heterocycles. The molecular formula is C36H19B. The molecule has 1 heteroatoms. The van der Waals surface area contributed by atoms with Gasteiger partial charge in [0.25, 0.3) is 0 Å². The van der Waals surface area contributed by atoms with Gasteiger partial charge in [-0.25, -0.2) is 0 Å². The minimum Gasteiger partial charge on any atom is -0.0663 e. The van der Waals surface area contributed by atoms with Gasteiger partial charge in [-0.3, -0.25) is 0 Å². The monoisotopic (exact) mass is 462 g/mol. The highest BCUT2D eigenvalue weighted by Gasteiger charge is 2.38. The average molecular weight is 462 g/mol. The first kappa shape index (κ1) is 18.6.